The molecule has 0 heterocycles. The van der Waals surface area contributed by atoms with E-state index in [1.807, 2.05) is 0 Å². The van der Waals surface area contributed by atoms with Gasteiger partial charge in [0.2, 0.25) is 5.91 Å². The molecule has 1 fully saturated rings. The highest BCUT2D eigenvalue weighted by Crippen LogP contribution is 2.32. The van der Waals surface area contributed by atoms with Gasteiger partial charge in [-0.15, -0.1) is 12.4 Å². The van der Waals surface area contributed by atoms with Crippen molar-refractivity contribution in [2.45, 2.75) is 25.3 Å². The fraction of sp³-hybridized carbons (Fsp3) is 0.500. The molecule has 22 heavy (non-hydrogen) atoms. The van der Waals surface area contributed by atoms with Crippen LogP contribution in [-0.4, -0.2) is 30.0 Å². The summed E-state index contributed by atoms with van der Waals surface area (Å²) in [7, 11) is 0. The number of carbonyl (C=O) groups is 1. The molecule has 4 N–H and O–H groups in total. The third-order valence-corrected chi connectivity index (χ3v) is 3.56. The van der Waals surface area contributed by atoms with Gasteiger partial charge in [0.1, 0.15) is 5.69 Å². The number of rotatable bonds is 8. The molecule has 0 spiro atoms. The van der Waals surface area contributed by atoms with Gasteiger partial charge in [-0.05, 0) is 24.8 Å². The number of benzene rings is 1. The number of amides is 1. The van der Waals surface area contributed by atoms with Gasteiger partial charge in [0.05, 0.1) is 4.92 Å². The Hall–Kier alpha value is -1.86. The predicted molar refractivity (Wildman–Crippen MR) is 87.2 cm³/mol. The van der Waals surface area contributed by atoms with Crippen LogP contribution in [0.3, 0.4) is 0 Å². The Kier molecular flexibility index (Phi) is 7.07. The third kappa shape index (κ3) is 5.16. The van der Waals surface area contributed by atoms with Crippen LogP contribution < -0.4 is 16.4 Å². The Morgan fingerprint density at radius 3 is 2.68 bits per heavy atom. The van der Waals surface area contributed by atoms with Gasteiger partial charge in [-0.1, -0.05) is 12.1 Å². The number of para-hydroxylation sites is 2. The van der Waals surface area contributed by atoms with Crippen LogP contribution in [0.2, 0.25) is 0 Å². The maximum atomic E-state index is 11.8. The summed E-state index contributed by atoms with van der Waals surface area (Å²) in [5.74, 6) is 0.436. The summed E-state index contributed by atoms with van der Waals surface area (Å²) < 4.78 is 0. The molecule has 7 nitrogen and oxygen atoms in total. The number of hydrogen-bond acceptors (Lipinski definition) is 5. The lowest BCUT2D eigenvalue weighted by atomic mass is 10.2. The molecule has 1 aromatic carbocycles. The zero-order chi connectivity index (χ0) is 15.2. The van der Waals surface area contributed by atoms with E-state index in [-0.39, 0.29) is 36.5 Å². The number of nitrogens with zero attached hydrogens (tertiary/aromatic N) is 1. The second kappa shape index (κ2) is 8.55. The molecule has 1 aliphatic rings. The van der Waals surface area contributed by atoms with E-state index in [2.05, 4.69) is 10.6 Å². The third-order valence-electron chi connectivity index (χ3n) is 3.56. The largest absolute Gasteiger partial charge is 0.379 e. The summed E-state index contributed by atoms with van der Waals surface area (Å²) in [6.07, 6.45) is 2.50. The summed E-state index contributed by atoms with van der Waals surface area (Å²) in [5, 5.41) is 16.7. The van der Waals surface area contributed by atoms with Crippen LogP contribution in [-0.2, 0) is 4.79 Å². The number of nitro benzene ring substituents is 1. The summed E-state index contributed by atoms with van der Waals surface area (Å²) in [6.45, 7) is 0.798. The molecule has 1 aromatic rings. The average molecular weight is 329 g/mol. The molecular formula is C14H21ClN4O3. The van der Waals surface area contributed by atoms with Crippen LogP contribution in [0.25, 0.3) is 0 Å². The minimum atomic E-state index is -0.444. The van der Waals surface area contributed by atoms with Gasteiger partial charge in [-0.2, -0.15) is 0 Å². The molecule has 0 radical (unpaired) electrons. The van der Waals surface area contributed by atoms with Crippen molar-refractivity contribution < 1.29 is 9.72 Å². The SMILES string of the molecule is Cl.NCC(NC(=O)CCNc1ccccc1[N+](=O)[O-])C1CC1. The van der Waals surface area contributed by atoms with Crippen LogP contribution >= 0.6 is 12.4 Å². The average Bonchev–Trinajstić information content (AvgIpc) is 3.29. The highest BCUT2D eigenvalue weighted by Gasteiger charge is 2.31. The van der Waals surface area contributed by atoms with Crippen molar-refractivity contribution in [2.24, 2.45) is 11.7 Å². The fourth-order valence-corrected chi connectivity index (χ4v) is 2.24. The predicted octanol–water partition coefficient (Wildman–Crippen LogP) is 1.67. The number of carbonyl (C=O) groups excluding carboxylic acids is 1. The zero-order valence-corrected chi connectivity index (χ0v) is 13.0. The van der Waals surface area contributed by atoms with Gasteiger partial charge in [0.25, 0.3) is 5.69 Å². The number of nitrogens with two attached hydrogens (primary N) is 1. The molecule has 0 bridgehead atoms. The summed E-state index contributed by atoms with van der Waals surface area (Å²) in [6, 6.07) is 6.44. The second-order valence-corrected chi connectivity index (χ2v) is 5.20. The maximum Gasteiger partial charge on any atom is 0.292 e. The number of nitrogens with one attached hydrogen (secondary N) is 2. The van der Waals surface area contributed by atoms with E-state index in [0.717, 1.165) is 12.8 Å². The highest BCUT2D eigenvalue weighted by molar-refractivity contribution is 5.85. The first-order valence-corrected chi connectivity index (χ1v) is 7.08. The molecule has 0 aromatic heterocycles. The van der Waals surface area contributed by atoms with Crippen LogP contribution in [0.15, 0.2) is 24.3 Å². The van der Waals surface area contributed by atoms with Gasteiger partial charge in [-0.3, -0.25) is 14.9 Å². The minimum Gasteiger partial charge on any atom is -0.379 e. The Morgan fingerprint density at radius 2 is 2.09 bits per heavy atom. The monoisotopic (exact) mass is 328 g/mol. The molecule has 0 saturated heterocycles. The molecule has 122 valence electrons. The normalized spacial score (nSPS) is 14.6. The van der Waals surface area contributed by atoms with Crippen molar-refractivity contribution >= 4 is 29.7 Å². The molecule has 8 heteroatoms. The van der Waals surface area contributed by atoms with E-state index in [4.69, 9.17) is 5.73 Å². The minimum absolute atomic E-state index is 0. The van der Waals surface area contributed by atoms with E-state index < -0.39 is 4.92 Å². The van der Waals surface area contributed by atoms with Crippen molar-refractivity contribution in [3.8, 4) is 0 Å². The van der Waals surface area contributed by atoms with Gasteiger partial charge in [0.15, 0.2) is 0 Å². The van der Waals surface area contributed by atoms with Gasteiger partial charge < -0.3 is 16.4 Å². The number of nitro groups is 1. The lowest BCUT2D eigenvalue weighted by Crippen LogP contribution is -2.42. The van der Waals surface area contributed by atoms with Crippen LogP contribution in [0.1, 0.15) is 19.3 Å². The van der Waals surface area contributed by atoms with Crippen molar-refractivity contribution in [2.75, 3.05) is 18.4 Å². The molecule has 1 saturated carbocycles. The molecule has 1 amide bonds. The zero-order valence-electron chi connectivity index (χ0n) is 12.2. The Labute approximate surface area is 135 Å². The first-order chi connectivity index (χ1) is 10.1. The maximum absolute atomic E-state index is 11.8. The summed E-state index contributed by atoms with van der Waals surface area (Å²) in [4.78, 5) is 22.2. The van der Waals surface area contributed by atoms with Gasteiger partial charge in [-0.25, -0.2) is 0 Å². The molecular weight excluding hydrogens is 308 g/mol. The smallest absolute Gasteiger partial charge is 0.292 e. The topological polar surface area (TPSA) is 110 Å². The molecule has 1 unspecified atom stereocenters. The second-order valence-electron chi connectivity index (χ2n) is 5.20. The lowest BCUT2D eigenvalue weighted by Gasteiger charge is -2.16. The first kappa shape index (κ1) is 18.2. The number of anilines is 1. The first-order valence-electron chi connectivity index (χ1n) is 7.08. The van der Waals surface area contributed by atoms with Gasteiger partial charge >= 0.3 is 0 Å². The molecule has 1 atom stereocenters. The lowest BCUT2D eigenvalue weighted by molar-refractivity contribution is -0.384. The quantitative estimate of drug-likeness (QED) is 0.496. The van der Waals surface area contributed by atoms with E-state index in [0.29, 0.717) is 24.7 Å². The van der Waals surface area contributed by atoms with Crippen LogP contribution in [0, 0.1) is 16.0 Å². The molecule has 2 rings (SSSR count). The van der Waals surface area contributed by atoms with Crippen LogP contribution in [0.5, 0.6) is 0 Å². The molecule has 1 aliphatic carbocycles. The van der Waals surface area contributed by atoms with Gasteiger partial charge in [0, 0.05) is 31.6 Å². The van der Waals surface area contributed by atoms with E-state index >= 15 is 0 Å². The number of hydrogen-bond donors (Lipinski definition) is 3. The fourth-order valence-electron chi connectivity index (χ4n) is 2.24. The van der Waals surface area contributed by atoms with Crippen molar-refractivity contribution in [3.05, 3.63) is 34.4 Å². The standard InChI is InChI=1S/C14H20N4O3.ClH/c15-9-12(10-5-6-10)17-14(19)7-8-16-11-3-1-2-4-13(11)18(20)21;/h1-4,10,12,16H,5-9,15H2,(H,17,19);1H. The summed E-state index contributed by atoms with van der Waals surface area (Å²) >= 11 is 0. The van der Waals surface area contributed by atoms with Crippen molar-refractivity contribution in [3.63, 3.8) is 0 Å². The number of halogens is 1. The highest BCUT2D eigenvalue weighted by atomic mass is 35.5. The summed E-state index contributed by atoms with van der Waals surface area (Å²) in [5.41, 5.74) is 6.06. The Morgan fingerprint density at radius 1 is 1.41 bits per heavy atom. The van der Waals surface area contributed by atoms with Crippen molar-refractivity contribution in [1.82, 2.24) is 5.32 Å². The van der Waals surface area contributed by atoms with Crippen molar-refractivity contribution in [1.29, 1.82) is 0 Å². The van der Waals surface area contributed by atoms with E-state index in [1.54, 1.807) is 18.2 Å². The van der Waals surface area contributed by atoms with E-state index in [9.17, 15) is 14.9 Å². The Balaban J connectivity index is 0.00000242. The van der Waals surface area contributed by atoms with Crippen LogP contribution in [0.4, 0.5) is 11.4 Å². The molecule has 0 aliphatic heterocycles. The van der Waals surface area contributed by atoms with E-state index in [1.165, 1.54) is 6.07 Å². The Bertz CT molecular complexity index is 523.